The Hall–Kier alpha value is -3.87. The summed E-state index contributed by atoms with van der Waals surface area (Å²) in [6, 6.07) is 14.9. The Bertz CT molecular complexity index is 984. The fourth-order valence-corrected chi connectivity index (χ4v) is 2.45. The standard InChI is InChI=1S/C21H17NO6/c1-26-16-7-5-14(6-8-16)13-27-18-3-2-4-19(17(18)12-23)28-20-11-15(21(24)25)9-10-22-20/h2-12H,13H2,1H3,(H,24,25). The van der Waals surface area contributed by atoms with Crippen molar-refractivity contribution in [2.24, 2.45) is 0 Å². The zero-order valence-corrected chi connectivity index (χ0v) is 15.0. The van der Waals surface area contributed by atoms with Crippen LogP contribution in [-0.2, 0) is 6.61 Å². The van der Waals surface area contributed by atoms with E-state index >= 15 is 0 Å². The minimum absolute atomic E-state index is 0.0320. The average Bonchev–Trinajstić information content (AvgIpc) is 2.73. The lowest BCUT2D eigenvalue weighted by Gasteiger charge is -2.13. The number of aldehydes is 1. The predicted molar refractivity (Wildman–Crippen MR) is 100 cm³/mol. The number of pyridine rings is 1. The summed E-state index contributed by atoms with van der Waals surface area (Å²) in [5.74, 6) is 0.272. The predicted octanol–water partition coefficient (Wildman–Crippen LogP) is 3.97. The molecular formula is C21H17NO6. The van der Waals surface area contributed by atoms with Crippen LogP contribution in [0, 0.1) is 0 Å². The van der Waals surface area contributed by atoms with Gasteiger partial charge in [0.1, 0.15) is 23.9 Å². The molecule has 3 aromatic rings. The molecule has 28 heavy (non-hydrogen) atoms. The first-order valence-electron chi connectivity index (χ1n) is 8.32. The summed E-state index contributed by atoms with van der Waals surface area (Å²) < 4.78 is 16.5. The van der Waals surface area contributed by atoms with Crippen molar-refractivity contribution in [2.45, 2.75) is 6.61 Å². The molecule has 1 heterocycles. The third-order valence-corrected chi connectivity index (χ3v) is 3.89. The van der Waals surface area contributed by atoms with Gasteiger partial charge in [-0.2, -0.15) is 0 Å². The van der Waals surface area contributed by atoms with Crippen molar-refractivity contribution in [3.8, 4) is 23.1 Å². The molecule has 0 aliphatic rings. The number of hydrogen-bond donors (Lipinski definition) is 1. The van der Waals surface area contributed by atoms with E-state index in [0.29, 0.717) is 12.0 Å². The summed E-state index contributed by atoms with van der Waals surface area (Å²) in [4.78, 5) is 26.7. The number of aromatic carboxylic acids is 1. The minimum Gasteiger partial charge on any atom is -0.497 e. The Morgan fingerprint density at radius 3 is 2.54 bits per heavy atom. The highest BCUT2D eigenvalue weighted by atomic mass is 16.5. The number of carboxylic acid groups (broad SMARTS) is 1. The summed E-state index contributed by atoms with van der Waals surface area (Å²) in [5, 5.41) is 9.06. The van der Waals surface area contributed by atoms with Gasteiger partial charge in [0.2, 0.25) is 5.88 Å². The Morgan fingerprint density at radius 2 is 1.86 bits per heavy atom. The van der Waals surface area contributed by atoms with Crippen molar-refractivity contribution in [3.05, 3.63) is 77.5 Å². The number of hydrogen-bond acceptors (Lipinski definition) is 6. The summed E-state index contributed by atoms with van der Waals surface area (Å²) in [6.07, 6.45) is 1.95. The van der Waals surface area contributed by atoms with E-state index in [1.54, 1.807) is 25.3 Å². The van der Waals surface area contributed by atoms with E-state index in [4.69, 9.17) is 19.3 Å². The van der Waals surface area contributed by atoms with Gasteiger partial charge >= 0.3 is 5.97 Å². The number of rotatable bonds is 8. The lowest BCUT2D eigenvalue weighted by molar-refractivity contribution is 0.0696. The van der Waals surface area contributed by atoms with Gasteiger partial charge < -0.3 is 19.3 Å². The third kappa shape index (κ3) is 4.45. The summed E-state index contributed by atoms with van der Waals surface area (Å²) in [5.41, 5.74) is 1.14. The Balaban J connectivity index is 1.79. The fraction of sp³-hybridized carbons (Fsp3) is 0.0952. The van der Waals surface area contributed by atoms with Gasteiger partial charge in [-0.15, -0.1) is 0 Å². The highest BCUT2D eigenvalue weighted by molar-refractivity contribution is 5.88. The number of ether oxygens (including phenoxy) is 3. The number of benzene rings is 2. The van der Waals surface area contributed by atoms with E-state index in [1.165, 1.54) is 18.3 Å². The second kappa shape index (κ2) is 8.68. The molecule has 0 aliphatic heterocycles. The molecule has 0 radical (unpaired) electrons. The molecule has 0 atom stereocenters. The van der Waals surface area contributed by atoms with Crippen LogP contribution in [0.1, 0.15) is 26.3 Å². The molecule has 1 aromatic heterocycles. The molecule has 0 aliphatic carbocycles. The monoisotopic (exact) mass is 379 g/mol. The molecular weight excluding hydrogens is 362 g/mol. The molecule has 2 aromatic carbocycles. The molecule has 0 spiro atoms. The molecule has 3 rings (SSSR count). The van der Waals surface area contributed by atoms with E-state index in [9.17, 15) is 9.59 Å². The normalized spacial score (nSPS) is 10.2. The summed E-state index contributed by atoms with van der Waals surface area (Å²) >= 11 is 0. The largest absolute Gasteiger partial charge is 0.497 e. The number of aromatic nitrogens is 1. The van der Waals surface area contributed by atoms with Crippen molar-refractivity contribution in [3.63, 3.8) is 0 Å². The van der Waals surface area contributed by atoms with Gasteiger partial charge in [0.15, 0.2) is 6.29 Å². The minimum atomic E-state index is -1.10. The molecule has 0 unspecified atom stereocenters. The Labute approximate surface area is 161 Å². The van der Waals surface area contributed by atoms with Gasteiger partial charge in [0, 0.05) is 12.3 Å². The van der Waals surface area contributed by atoms with Crippen LogP contribution >= 0.6 is 0 Å². The van der Waals surface area contributed by atoms with E-state index in [-0.39, 0.29) is 29.4 Å². The summed E-state index contributed by atoms with van der Waals surface area (Å²) in [7, 11) is 1.59. The van der Waals surface area contributed by atoms with Crippen molar-refractivity contribution >= 4 is 12.3 Å². The molecule has 0 bridgehead atoms. The number of carbonyl (C=O) groups is 2. The fourth-order valence-electron chi connectivity index (χ4n) is 2.45. The zero-order valence-electron chi connectivity index (χ0n) is 15.0. The first kappa shape index (κ1) is 18.9. The molecule has 0 saturated heterocycles. The topological polar surface area (TPSA) is 95.0 Å². The van der Waals surface area contributed by atoms with Crippen molar-refractivity contribution < 1.29 is 28.9 Å². The van der Waals surface area contributed by atoms with Crippen LogP contribution in [0.2, 0.25) is 0 Å². The highest BCUT2D eigenvalue weighted by Gasteiger charge is 2.13. The van der Waals surface area contributed by atoms with Crippen LogP contribution in [-0.4, -0.2) is 29.5 Å². The number of methoxy groups -OCH3 is 1. The Morgan fingerprint density at radius 1 is 1.11 bits per heavy atom. The molecule has 7 heteroatoms. The first-order valence-corrected chi connectivity index (χ1v) is 8.32. The Kier molecular flexibility index (Phi) is 5.86. The van der Waals surface area contributed by atoms with Crippen LogP contribution < -0.4 is 14.2 Å². The quantitative estimate of drug-likeness (QED) is 0.592. The van der Waals surface area contributed by atoms with Gasteiger partial charge in [-0.3, -0.25) is 4.79 Å². The van der Waals surface area contributed by atoms with Gasteiger partial charge in [-0.05, 0) is 35.9 Å². The molecule has 0 fully saturated rings. The van der Waals surface area contributed by atoms with E-state index < -0.39 is 5.97 Å². The van der Waals surface area contributed by atoms with Gasteiger partial charge in [0.05, 0.1) is 18.2 Å². The highest BCUT2D eigenvalue weighted by Crippen LogP contribution is 2.30. The first-order chi connectivity index (χ1) is 13.6. The molecule has 0 amide bonds. The molecule has 142 valence electrons. The zero-order chi connectivity index (χ0) is 19.9. The van der Waals surface area contributed by atoms with E-state index in [0.717, 1.165) is 11.3 Å². The van der Waals surface area contributed by atoms with Crippen LogP contribution in [0.15, 0.2) is 60.8 Å². The third-order valence-electron chi connectivity index (χ3n) is 3.89. The van der Waals surface area contributed by atoms with E-state index in [1.807, 2.05) is 24.3 Å². The van der Waals surface area contributed by atoms with Crippen molar-refractivity contribution in [2.75, 3.05) is 7.11 Å². The average molecular weight is 379 g/mol. The lowest BCUT2D eigenvalue weighted by atomic mass is 10.2. The van der Waals surface area contributed by atoms with Crippen molar-refractivity contribution in [1.29, 1.82) is 0 Å². The smallest absolute Gasteiger partial charge is 0.335 e. The van der Waals surface area contributed by atoms with Gasteiger partial charge in [-0.1, -0.05) is 18.2 Å². The van der Waals surface area contributed by atoms with Crippen LogP contribution in [0.3, 0.4) is 0 Å². The molecule has 7 nitrogen and oxygen atoms in total. The second-order valence-corrected chi connectivity index (χ2v) is 5.71. The lowest BCUT2D eigenvalue weighted by Crippen LogP contribution is -2.01. The molecule has 1 N–H and O–H groups in total. The second-order valence-electron chi connectivity index (χ2n) is 5.71. The molecule has 0 saturated carbocycles. The van der Waals surface area contributed by atoms with Crippen molar-refractivity contribution in [1.82, 2.24) is 4.98 Å². The summed E-state index contributed by atoms with van der Waals surface area (Å²) in [6.45, 7) is 0.251. The van der Waals surface area contributed by atoms with E-state index in [2.05, 4.69) is 4.98 Å². The van der Waals surface area contributed by atoms with Gasteiger partial charge in [-0.25, -0.2) is 9.78 Å². The van der Waals surface area contributed by atoms with Crippen LogP contribution in [0.5, 0.6) is 23.1 Å². The number of carbonyl (C=O) groups excluding carboxylic acids is 1. The maximum atomic E-state index is 11.6. The number of nitrogens with zero attached hydrogens (tertiary/aromatic N) is 1. The SMILES string of the molecule is COc1ccc(COc2cccc(Oc3cc(C(=O)O)ccn3)c2C=O)cc1. The van der Waals surface area contributed by atoms with Crippen LogP contribution in [0.4, 0.5) is 0 Å². The maximum Gasteiger partial charge on any atom is 0.335 e. The maximum absolute atomic E-state index is 11.6. The van der Waals surface area contributed by atoms with Gasteiger partial charge in [0.25, 0.3) is 0 Å². The van der Waals surface area contributed by atoms with Crippen LogP contribution in [0.25, 0.3) is 0 Å². The number of carboxylic acids is 1.